The Kier molecular flexibility index (Phi) is 7.16. The minimum Gasteiger partial charge on any atom is -0.476 e. The van der Waals surface area contributed by atoms with E-state index >= 15 is 0 Å². The van der Waals surface area contributed by atoms with Crippen molar-refractivity contribution in [1.82, 2.24) is 24.5 Å². The predicted molar refractivity (Wildman–Crippen MR) is 138 cm³/mol. The van der Waals surface area contributed by atoms with Gasteiger partial charge >= 0.3 is 0 Å². The Bertz CT molecular complexity index is 1350. The van der Waals surface area contributed by atoms with Crippen LogP contribution in [0, 0.1) is 5.92 Å². The van der Waals surface area contributed by atoms with Gasteiger partial charge in [0.25, 0.3) is 15.9 Å². The van der Waals surface area contributed by atoms with Gasteiger partial charge in [-0.2, -0.15) is 0 Å². The summed E-state index contributed by atoms with van der Waals surface area (Å²) in [4.78, 5) is 23.6. The Labute approximate surface area is 212 Å². The molecule has 0 aromatic carbocycles. The Morgan fingerprint density at radius 2 is 1.94 bits per heavy atom. The maximum Gasteiger partial charge on any atom is 0.268 e. The van der Waals surface area contributed by atoms with Crippen molar-refractivity contribution in [2.24, 2.45) is 5.92 Å². The van der Waals surface area contributed by atoms with E-state index in [-0.39, 0.29) is 29.8 Å². The molecule has 12 heteroatoms. The fraction of sp³-hybridized carbons (Fsp3) is 0.417. The first kappa shape index (κ1) is 25.4. The summed E-state index contributed by atoms with van der Waals surface area (Å²) in [7, 11) is -4.25. The SMILES string of the molecule is CC(C)COc1ccn(-c2ccc(C(=O)NS(=O)(=O)c3cccnc3N)c(N3[C@H](C)CC[C@@H]3C)n2)n1.[HH]. The van der Waals surface area contributed by atoms with Crippen molar-refractivity contribution >= 4 is 27.6 Å². The van der Waals surface area contributed by atoms with Gasteiger partial charge in [-0.1, -0.05) is 13.8 Å². The van der Waals surface area contributed by atoms with Crippen molar-refractivity contribution in [2.45, 2.75) is 57.5 Å². The molecule has 0 aliphatic carbocycles. The maximum atomic E-state index is 13.3. The van der Waals surface area contributed by atoms with Crippen LogP contribution in [0.4, 0.5) is 11.6 Å². The Morgan fingerprint density at radius 3 is 2.61 bits per heavy atom. The van der Waals surface area contributed by atoms with Crippen LogP contribution in [0.1, 0.15) is 52.3 Å². The molecular formula is C24H33N7O4S. The number of nitrogen functional groups attached to an aromatic ring is 1. The van der Waals surface area contributed by atoms with E-state index in [4.69, 9.17) is 15.5 Å². The normalized spacial score (nSPS) is 18.0. The molecule has 0 radical (unpaired) electrons. The molecule has 1 fully saturated rings. The molecule has 2 atom stereocenters. The molecule has 0 saturated carbocycles. The third-order valence-electron chi connectivity index (χ3n) is 5.98. The zero-order valence-electron chi connectivity index (χ0n) is 20.7. The smallest absolute Gasteiger partial charge is 0.268 e. The van der Waals surface area contributed by atoms with E-state index in [1.165, 1.54) is 18.3 Å². The van der Waals surface area contributed by atoms with Crippen LogP contribution in [0.2, 0.25) is 0 Å². The minimum absolute atomic E-state index is 0. The standard InChI is InChI=1S/C24H31N7O4S.H2/c1-15(2)14-35-21-11-13-30(28-21)20-10-9-18(23(27-20)31-16(3)7-8-17(31)4)24(32)29-36(33,34)19-6-5-12-26-22(19)25;/h5-6,9-13,15-17H,7-8,14H2,1-4H3,(H2,25,26)(H,29,32);1H/t16-,17+;. The number of nitrogens with zero attached hydrogens (tertiary/aromatic N) is 5. The molecule has 1 aliphatic rings. The van der Waals surface area contributed by atoms with E-state index in [0.717, 1.165) is 12.8 Å². The maximum absolute atomic E-state index is 13.3. The van der Waals surface area contributed by atoms with Crippen LogP contribution in [0.5, 0.6) is 5.88 Å². The van der Waals surface area contributed by atoms with Crippen LogP contribution >= 0.6 is 0 Å². The first-order valence-electron chi connectivity index (χ1n) is 11.8. The van der Waals surface area contributed by atoms with Gasteiger partial charge < -0.3 is 15.4 Å². The van der Waals surface area contributed by atoms with E-state index in [1.807, 2.05) is 4.90 Å². The van der Waals surface area contributed by atoms with E-state index in [0.29, 0.717) is 30.0 Å². The molecule has 194 valence electrons. The highest BCUT2D eigenvalue weighted by Crippen LogP contribution is 2.32. The second-order valence-corrected chi connectivity index (χ2v) is 11.0. The molecule has 3 aromatic heterocycles. The molecule has 0 spiro atoms. The summed E-state index contributed by atoms with van der Waals surface area (Å²) in [5, 5.41) is 4.44. The molecule has 4 heterocycles. The van der Waals surface area contributed by atoms with Gasteiger partial charge in [0, 0.05) is 32.0 Å². The molecule has 11 nitrogen and oxygen atoms in total. The number of carbonyl (C=O) groups excluding carboxylic acids is 1. The van der Waals surface area contributed by atoms with Gasteiger partial charge in [-0.25, -0.2) is 27.8 Å². The second-order valence-electron chi connectivity index (χ2n) is 9.35. The summed E-state index contributed by atoms with van der Waals surface area (Å²) in [5.74, 6) is 0.692. The van der Waals surface area contributed by atoms with E-state index in [1.54, 1.807) is 29.1 Å². The zero-order chi connectivity index (χ0) is 26.0. The lowest BCUT2D eigenvalue weighted by Crippen LogP contribution is -2.37. The van der Waals surface area contributed by atoms with Gasteiger partial charge in [0.2, 0.25) is 5.88 Å². The Morgan fingerprint density at radius 1 is 1.22 bits per heavy atom. The number of amides is 1. The highest BCUT2D eigenvalue weighted by Gasteiger charge is 2.33. The van der Waals surface area contributed by atoms with Gasteiger partial charge in [-0.05, 0) is 56.9 Å². The number of hydrogen-bond acceptors (Lipinski definition) is 9. The van der Waals surface area contributed by atoms with Crippen molar-refractivity contribution in [3.8, 4) is 11.7 Å². The van der Waals surface area contributed by atoms with Crippen LogP contribution in [-0.2, 0) is 10.0 Å². The van der Waals surface area contributed by atoms with Crippen molar-refractivity contribution in [1.29, 1.82) is 0 Å². The van der Waals surface area contributed by atoms with E-state index in [2.05, 4.69) is 42.5 Å². The van der Waals surface area contributed by atoms with E-state index < -0.39 is 15.9 Å². The average molecular weight is 516 g/mol. The molecule has 1 aliphatic heterocycles. The van der Waals surface area contributed by atoms with Gasteiger partial charge in [-0.15, -0.1) is 5.10 Å². The molecule has 4 rings (SSSR count). The highest BCUT2D eigenvalue weighted by atomic mass is 32.2. The number of hydrogen-bond donors (Lipinski definition) is 2. The number of nitrogens with one attached hydrogen (secondary N) is 1. The molecule has 0 unspecified atom stereocenters. The van der Waals surface area contributed by atoms with Crippen molar-refractivity contribution in [2.75, 3.05) is 17.2 Å². The van der Waals surface area contributed by atoms with Crippen molar-refractivity contribution < 1.29 is 19.4 Å². The number of pyridine rings is 2. The monoisotopic (exact) mass is 515 g/mol. The predicted octanol–water partition coefficient (Wildman–Crippen LogP) is 3.02. The van der Waals surface area contributed by atoms with Gasteiger partial charge in [0.05, 0.1) is 12.2 Å². The average Bonchev–Trinajstić information content (AvgIpc) is 3.43. The van der Waals surface area contributed by atoms with Crippen LogP contribution in [0.25, 0.3) is 5.82 Å². The summed E-state index contributed by atoms with van der Waals surface area (Å²) in [6.07, 6.45) is 4.96. The molecular weight excluding hydrogens is 482 g/mol. The first-order valence-corrected chi connectivity index (χ1v) is 13.3. The Hall–Kier alpha value is -3.67. The Balaban J connectivity index is 0.00000380. The molecule has 0 bridgehead atoms. The summed E-state index contributed by atoms with van der Waals surface area (Å²) in [6.45, 7) is 8.75. The lowest BCUT2D eigenvalue weighted by Gasteiger charge is -2.29. The summed E-state index contributed by atoms with van der Waals surface area (Å²) < 4.78 is 35.1. The van der Waals surface area contributed by atoms with Crippen molar-refractivity contribution in [3.63, 3.8) is 0 Å². The number of ether oxygens (including phenoxy) is 1. The number of carbonyl (C=O) groups is 1. The van der Waals surface area contributed by atoms with Gasteiger partial charge in [0.1, 0.15) is 16.5 Å². The largest absolute Gasteiger partial charge is 0.476 e. The van der Waals surface area contributed by atoms with Crippen molar-refractivity contribution in [3.05, 3.63) is 48.3 Å². The lowest BCUT2D eigenvalue weighted by atomic mass is 10.2. The highest BCUT2D eigenvalue weighted by molar-refractivity contribution is 7.90. The van der Waals surface area contributed by atoms with Gasteiger partial charge in [-0.3, -0.25) is 4.79 Å². The van der Waals surface area contributed by atoms with Crippen LogP contribution < -0.4 is 20.1 Å². The summed E-state index contributed by atoms with van der Waals surface area (Å²) in [6, 6.07) is 7.88. The number of sulfonamides is 1. The second kappa shape index (κ2) is 10.1. The fourth-order valence-corrected chi connectivity index (χ4v) is 5.23. The van der Waals surface area contributed by atoms with Crippen LogP contribution in [0.3, 0.4) is 0 Å². The van der Waals surface area contributed by atoms with Crippen LogP contribution in [0.15, 0.2) is 47.6 Å². The topological polar surface area (TPSA) is 145 Å². The van der Waals surface area contributed by atoms with Crippen LogP contribution in [-0.4, -0.2) is 52.8 Å². The summed E-state index contributed by atoms with van der Waals surface area (Å²) >= 11 is 0. The minimum atomic E-state index is -4.25. The molecule has 3 N–H and O–H groups in total. The molecule has 1 saturated heterocycles. The number of rotatable bonds is 8. The zero-order valence-corrected chi connectivity index (χ0v) is 21.6. The number of nitrogens with two attached hydrogens (primary N) is 1. The number of aromatic nitrogens is 4. The first-order chi connectivity index (χ1) is 17.1. The molecule has 36 heavy (non-hydrogen) atoms. The van der Waals surface area contributed by atoms with Gasteiger partial charge in [0.15, 0.2) is 5.82 Å². The fourth-order valence-electron chi connectivity index (χ4n) is 4.18. The third-order valence-corrected chi connectivity index (χ3v) is 7.36. The quantitative estimate of drug-likeness (QED) is 0.462. The summed E-state index contributed by atoms with van der Waals surface area (Å²) in [5.41, 5.74) is 5.86. The third kappa shape index (κ3) is 5.27. The lowest BCUT2D eigenvalue weighted by molar-refractivity contribution is 0.0981. The molecule has 1 amide bonds. The molecule has 3 aromatic rings. The van der Waals surface area contributed by atoms with E-state index in [9.17, 15) is 13.2 Å². The number of anilines is 2.